The van der Waals surface area contributed by atoms with Crippen molar-refractivity contribution >= 4 is 43.5 Å². The molecule has 1 N–H and O–H groups in total. The molecule has 10 heteroatoms. The first kappa shape index (κ1) is 26.4. The Morgan fingerprint density at radius 2 is 1.57 bits per heavy atom. The van der Waals surface area contributed by atoms with Crippen molar-refractivity contribution in [1.82, 2.24) is 10.2 Å². The summed E-state index contributed by atoms with van der Waals surface area (Å²) in [6.45, 7) is 1.00. The molecule has 2 amide bonds. The van der Waals surface area contributed by atoms with E-state index in [1.165, 1.54) is 48.3 Å². The van der Waals surface area contributed by atoms with Crippen molar-refractivity contribution in [2.24, 2.45) is 0 Å². The predicted octanol–water partition coefficient (Wildman–Crippen LogP) is 3.95. The quantitative estimate of drug-likeness (QED) is 0.428. The van der Waals surface area contributed by atoms with Gasteiger partial charge in [0, 0.05) is 18.1 Å². The van der Waals surface area contributed by atoms with Crippen molar-refractivity contribution in [3.8, 4) is 0 Å². The summed E-state index contributed by atoms with van der Waals surface area (Å²) in [5.74, 6) is -1.43. The molecule has 0 aliphatic rings. The molecule has 0 bridgehead atoms. The molecular weight excluding hydrogens is 537 g/mol. The van der Waals surface area contributed by atoms with Crippen molar-refractivity contribution in [2.75, 3.05) is 17.9 Å². The summed E-state index contributed by atoms with van der Waals surface area (Å²) < 4.78 is 42.3. The van der Waals surface area contributed by atoms with Crippen LogP contribution in [0.25, 0.3) is 0 Å². The van der Waals surface area contributed by atoms with Crippen molar-refractivity contribution in [1.29, 1.82) is 0 Å². The van der Waals surface area contributed by atoms with Crippen molar-refractivity contribution in [2.45, 2.75) is 24.4 Å². The lowest BCUT2D eigenvalue weighted by atomic mass is 10.1. The molecule has 7 nitrogen and oxygen atoms in total. The molecule has 1 unspecified atom stereocenters. The van der Waals surface area contributed by atoms with E-state index in [1.54, 1.807) is 49.4 Å². The molecule has 3 rings (SSSR count). The number of amides is 2. The van der Waals surface area contributed by atoms with E-state index in [-0.39, 0.29) is 11.4 Å². The van der Waals surface area contributed by atoms with Gasteiger partial charge >= 0.3 is 0 Å². The van der Waals surface area contributed by atoms with Crippen molar-refractivity contribution in [3.63, 3.8) is 0 Å². The summed E-state index contributed by atoms with van der Waals surface area (Å²) >= 11 is 3.33. The van der Waals surface area contributed by atoms with E-state index in [0.717, 1.165) is 8.78 Å². The van der Waals surface area contributed by atoms with E-state index < -0.39 is 40.2 Å². The maximum absolute atomic E-state index is 13.6. The third-order valence-electron chi connectivity index (χ3n) is 5.40. The van der Waals surface area contributed by atoms with Crippen LogP contribution in [-0.2, 0) is 26.2 Å². The van der Waals surface area contributed by atoms with E-state index in [1.807, 2.05) is 0 Å². The Bertz CT molecular complexity index is 1270. The van der Waals surface area contributed by atoms with Gasteiger partial charge in [0.05, 0.1) is 10.6 Å². The molecule has 184 valence electrons. The molecule has 0 aromatic heterocycles. The van der Waals surface area contributed by atoms with Gasteiger partial charge in [-0.3, -0.25) is 13.9 Å². The van der Waals surface area contributed by atoms with Gasteiger partial charge in [-0.15, -0.1) is 0 Å². The number of nitrogens with one attached hydrogen (secondary N) is 1. The van der Waals surface area contributed by atoms with E-state index in [4.69, 9.17) is 0 Å². The summed E-state index contributed by atoms with van der Waals surface area (Å²) in [5.41, 5.74) is 0.886. The molecular formula is C25H25BrFN3O4S. The van der Waals surface area contributed by atoms with Gasteiger partial charge in [-0.05, 0) is 61.0 Å². The average Bonchev–Trinajstić information content (AvgIpc) is 2.87. The third kappa shape index (κ3) is 6.46. The van der Waals surface area contributed by atoms with Crippen LogP contribution in [0.4, 0.5) is 10.1 Å². The van der Waals surface area contributed by atoms with Crippen LogP contribution in [-0.4, -0.2) is 44.8 Å². The topological polar surface area (TPSA) is 86.8 Å². The molecule has 3 aromatic rings. The van der Waals surface area contributed by atoms with Crippen LogP contribution in [0.15, 0.2) is 88.2 Å². The monoisotopic (exact) mass is 561 g/mol. The first-order valence-electron chi connectivity index (χ1n) is 10.7. The number of nitrogens with zero attached hydrogens (tertiary/aromatic N) is 2. The Morgan fingerprint density at radius 1 is 0.971 bits per heavy atom. The number of rotatable bonds is 9. The highest BCUT2D eigenvalue weighted by atomic mass is 79.9. The highest BCUT2D eigenvalue weighted by Gasteiger charge is 2.32. The number of carbonyl (C=O) groups is 2. The standard InChI is InChI=1S/C25H25BrFN3O4S/c1-18(25(32)28-2)29(16-19-8-12-21(27)13-9-19)24(31)17-30(22-14-10-20(26)11-15-22)35(33,34)23-6-4-3-5-7-23/h3-15,18H,16-17H2,1-2H3,(H,28,32). The maximum atomic E-state index is 13.6. The normalized spacial score (nSPS) is 12.0. The molecule has 0 heterocycles. The fourth-order valence-corrected chi connectivity index (χ4v) is 5.13. The van der Waals surface area contributed by atoms with E-state index >= 15 is 0 Å². The number of carbonyl (C=O) groups excluding carboxylic acids is 2. The maximum Gasteiger partial charge on any atom is 0.264 e. The lowest BCUT2D eigenvalue weighted by Crippen LogP contribution is -2.50. The first-order valence-corrected chi connectivity index (χ1v) is 13.0. The van der Waals surface area contributed by atoms with Crippen LogP contribution >= 0.6 is 15.9 Å². The minimum Gasteiger partial charge on any atom is -0.357 e. The number of anilines is 1. The zero-order chi connectivity index (χ0) is 25.6. The molecule has 0 radical (unpaired) electrons. The van der Waals surface area contributed by atoms with E-state index in [0.29, 0.717) is 11.3 Å². The second kappa shape index (κ2) is 11.5. The molecule has 0 aliphatic carbocycles. The summed E-state index contributed by atoms with van der Waals surface area (Å²) in [7, 11) is -2.65. The van der Waals surface area contributed by atoms with Gasteiger partial charge < -0.3 is 10.2 Å². The Morgan fingerprint density at radius 3 is 2.14 bits per heavy atom. The van der Waals surface area contributed by atoms with E-state index in [9.17, 15) is 22.4 Å². The number of hydrogen-bond donors (Lipinski definition) is 1. The van der Waals surface area contributed by atoms with Crippen LogP contribution in [0.2, 0.25) is 0 Å². The minimum atomic E-state index is -4.11. The molecule has 0 saturated carbocycles. The van der Waals surface area contributed by atoms with Gasteiger partial charge in [0.15, 0.2) is 0 Å². The smallest absolute Gasteiger partial charge is 0.264 e. The predicted molar refractivity (Wildman–Crippen MR) is 136 cm³/mol. The zero-order valence-electron chi connectivity index (χ0n) is 19.2. The fraction of sp³-hybridized carbons (Fsp3) is 0.200. The third-order valence-corrected chi connectivity index (χ3v) is 7.72. The Balaban J connectivity index is 2.00. The summed E-state index contributed by atoms with van der Waals surface area (Å²) in [5, 5.41) is 2.51. The summed E-state index contributed by atoms with van der Waals surface area (Å²) in [6.07, 6.45) is 0. The first-order chi connectivity index (χ1) is 16.6. The Hall–Kier alpha value is -3.24. The molecule has 3 aromatic carbocycles. The molecule has 35 heavy (non-hydrogen) atoms. The fourth-order valence-electron chi connectivity index (χ4n) is 3.43. The molecule has 0 spiro atoms. The number of hydrogen-bond acceptors (Lipinski definition) is 4. The molecule has 1 atom stereocenters. The minimum absolute atomic E-state index is 0.00668. The summed E-state index contributed by atoms with van der Waals surface area (Å²) in [4.78, 5) is 27.3. The second-order valence-electron chi connectivity index (χ2n) is 7.74. The lowest BCUT2D eigenvalue weighted by molar-refractivity contribution is -0.139. The van der Waals surface area contributed by atoms with Gasteiger partial charge in [0.1, 0.15) is 18.4 Å². The Labute approximate surface area is 212 Å². The molecule has 0 fully saturated rings. The van der Waals surface area contributed by atoms with Crippen LogP contribution in [0.3, 0.4) is 0 Å². The van der Waals surface area contributed by atoms with Crippen LogP contribution < -0.4 is 9.62 Å². The van der Waals surface area contributed by atoms with E-state index in [2.05, 4.69) is 21.2 Å². The Kier molecular flexibility index (Phi) is 8.63. The highest BCUT2D eigenvalue weighted by molar-refractivity contribution is 9.10. The average molecular weight is 562 g/mol. The molecule has 0 aliphatic heterocycles. The highest BCUT2D eigenvalue weighted by Crippen LogP contribution is 2.26. The van der Waals surface area contributed by atoms with Crippen molar-refractivity contribution < 1.29 is 22.4 Å². The van der Waals surface area contributed by atoms with Gasteiger partial charge in [0.2, 0.25) is 11.8 Å². The zero-order valence-corrected chi connectivity index (χ0v) is 21.6. The number of benzene rings is 3. The van der Waals surface area contributed by atoms with Gasteiger partial charge in [-0.2, -0.15) is 0 Å². The van der Waals surface area contributed by atoms with Crippen LogP contribution in [0.1, 0.15) is 12.5 Å². The number of likely N-dealkylation sites (N-methyl/N-ethyl adjacent to an activating group) is 1. The second-order valence-corrected chi connectivity index (χ2v) is 10.5. The number of sulfonamides is 1. The molecule has 0 saturated heterocycles. The number of halogens is 2. The lowest BCUT2D eigenvalue weighted by Gasteiger charge is -2.31. The van der Waals surface area contributed by atoms with Gasteiger partial charge in [-0.1, -0.05) is 46.3 Å². The van der Waals surface area contributed by atoms with Gasteiger partial charge in [0.25, 0.3) is 10.0 Å². The largest absolute Gasteiger partial charge is 0.357 e. The van der Waals surface area contributed by atoms with Crippen molar-refractivity contribution in [3.05, 3.63) is 94.7 Å². The summed E-state index contributed by atoms with van der Waals surface area (Å²) in [6, 6.07) is 19.0. The van der Waals surface area contributed by atoms with Crippen LogP contribution in [0.5, 0.6) is 0 Å². The SMILES string of the molecule is CNC(=O)C(C)N(Cc1ccc(F)cc1)C(=O)CN(c1ccc(Br)cc1)S(=O)(=O)c1ccccc1. The van der Waals surface area contributed by atoms with Gasteiger partial charge in [-0.25, -0.2) is 12.8 Å². The van der Waals surface area contributed by atoms with Crippen LogP contribution in [0, 0.1) is 5.82 Å².